The second kappa shape index (κ2) is 8.85. The third-order valence-electron chi connectivity index (χ3n) is 3.74. The van der Waals surface area contributed by atoms with Crippen molar-refractivity contribution in [3.63, 3.8) is 0 Å². The highest BCUT2D eigenvalue weighted by Gasteiger charge is 2.15. The maximum absolute atomic E-state index is 12.8. The zero-order valence-corrected chi connectivity index (χ0v) is 15.3. The Labute approximate surface area is 160 Å². The average molecular weight is 387 g/mol. The molecule has 1 amide bonds. The van der Waals surface area contributed by atoms with Crippen LogP contribution in [0.1, 0.15) is 5.89 Å². The Hall–Kier alpha value is -3.62. The van der Waals surface area contributed by atoms with Crippen molar-refractivity contribution in [1.82, 2.24) is 15.5 Å². The third-order valence-corrected chi connectivity index (χ3v) is 3.74. The lowest BCUT2D eigenvalue weighted by Crippen LogP contribution is -2.28. The van der Waals surface area contributed by atoms with Gasteiger partial charge in [-0.1, -0.05) is 5.16 Å². The number of rotatable bonds is 8. The third kappa shape index (κ3) is 4.76. The highest BCUT2D eigenvalue weighted by Crippen LogP contribution is 2.31. The number of benzene rings is 2. The van der Waals surface area contributed by atoms with Crippen LogP contribution in [0, 0.1) is 5.82 Å². The van der Waals surface area contributed by atoms with Gasteiger partial charge in [0, 0.05) is 6.07 Å². The van der Waals surface area contributed by atoms with Gasteiger partial charge in [-0.25, -0.2) is 4.39 Å². The molecule has 0 aliphatic rings. The summed E-state index contributed by atoms with van der Waals surface area (Å²) in [5.41, 5.74) is 0.629. The van der Waals surface area contributed by atoms with E-state index in [1.54, 1.807) is 25.3 Å². The van der Waals surface area contributed by atoms with E-state index in [0.29, 0.717) is 28.6 Å². The van der Waals surface area contributed by atoms with Gasteiger partial charge >= 0.3 is 0 Å². The average Bonchev–Trinajstić information content (AvgIpc) is 3.20. The highest BCUT2D eigenvalue weighted by atomic mass is 19.1. The molecule has 8 nitrogen and oxygen atoms in total. The summed E-state index contributed by atoms with van der Waals surface area (Å²) < 4.78 is 33.7. The van der Waals surface area contributed by atoms with E-state index in [-0.39, 0.29) is 30.8 Å². The topological polar surface area (TPSA) is 95.7 Å². The van der Waals surface area contributed by atoms with Crippen molar-refractivity contribution in [2.45, 2.75) is 6.54 Å². The largest absolute Gasteiger partial charge is 0.497 e. The fourth-order valence-corrected chi connectivity index (χ4v) is 2.32. The Morgan fingerprint density at radius 3 is 2.57 bits per heavy atom. The minimum absolute atomic E-state index is 0.0388. The number of hydrogen-bond acceptors (Lipinski definition) is 7. The lowest BCUT2D eigenvalue weighted by molar-refractivity contribution is -0.123. The molecule has 1 N–H and O–H groups in total. The predicted octanol–water partition coefficient (Wildman–Crippen LogP) is 2.59. The van der Waals surface area contributed by atoms with Gasteiger partial charge in [-0.3, -0.25) is 4.79 Å². The molecule has 0 aliphatic heterocycles. The fraction of sp³-hybridized carbons (Fsp3) is 0.211. The number of carbonyl (C=O) groups excluding carboxylic acids is 1. The molecule has 0 radical (unpaired) electrons. The van der Waals surface area contributed by atoms with E-state index < -0.39 is 0 Å². The van der Waals surface area contributed by atoms with Crippen molar-refractivity contribution in [2.75, 3.05) is 20.8 Å². The second-order valence-corrected chi connectivity index (χ2v) is 5.60. The van der Waals surface area contributed by atoms with Crippen LogP contribution in [0.15, 0.2) is 47.0 Å². The van der Waals surface area contributed by atoms with E-state index in [9.17, 15) is 9.18 Å². The van der Waals surface area contributed by atoms with Crippen molar-refractivity contribution in [1.29, 1.82) is 0 Å². The Morgan fingerprint density at radius 1 is 1.11 bits per heavy atom. The maximum atomic E-state index is 12.8. The summed E-state index contributed by atoms with van der Waals surface area (Å²) in [7, 11) is 3.09. The molecule has 0 unspecified atom stereocenters. The van der Waals surface area contributed by atoms with Crippen molar-refractivity contribution < 1.29 is 27.9 Å². The number of halogens is 1. The minimum Gasteiger partial charge on any atom is -0.497 e. The lowest BCUT2D eigenvalue weighted by Gasteiger charge is -2.07. The van der Waals surface area contributed by atoms with Crippen LogP contribution in [-0.2, 0) is 11.3 Å². The number of carbonyl (C=O) groups is 1. The molecule has 9 heteroatoms. The number of ether oxygens (including phenoxy) is 3. The van der Waals surface area contributed by atoms with E-state index in [4.69, 9.17) is 18.7 Å². The predicted molar refractivity (Wildman–Crippen MR) is 96.6 cm³/mol. The molecule has 28 heavy (non-hydrogen) atoms. The number of amides is 1. The molecule has 1 heterocycles. The molecule has 1 aromatic heterocycles. The second-order valence-electron chi connectivity index (χ2n) is 5.60. The molecule has 0 bridgehead atoms. The Morgan fingerprint density at radius 2 is 1.86 bits per heavy atom. The first-order valence-electron chi connectivity index (χ1n) is 8.29. The van der Waals surface area contributed by atoms with Crippen molar-refractivity contribution >= 4 is 5.91 Å². The van der Waals surface area contributed by atoms with Gasteiger partial charge in [-0.15, -0.1) is 0 Å². The van der Waals surface area contributed by atoms with E-state index in [1.165, 1.54) is 31.4 Å². The molecule has 3 rings (SSSR count). The zero-order valence-electron chi connectivity index (χ0n) is 15.3. The summed E-state index contributed by atoms with van der Waals surface area (Å²) in [6.07, 6.45) is 0. The molecule has 0 saturated carbocycles. The Kier molecular flexibility index (Phi) is 6.05. The Balaban J connectivity index is 1.56. The summed E-state index contributed by atoms with van der Waals surface area (Å²) in [4.78, 5) is 16.1. The summed E-state index contributed by atoms with van der Waals surface area (Å²) in [5, 5.41) is 6.51. The number of methoxy groups -OCH3 is 2. The zero-order chi connectivity index (χ0) is 19.9. The summed E-state index contributed by atoms with van der Waals surface area (Å²) in [6.45, 7) is -0.185. The van der Waals surface area contributed by atoms with Crippen LogP contribution in [-0.4, -0.2) is 36.9 Å². The minimum atomic E-state index is -0.383. The molecule has 0 aliphatic carbocycles. The first-order valence-corrected chi connectivity index (χ1v) is 8.29. The molecule has 0 fully saturated rings. The molecule has 3 aromatic rings. The van der Waals surface area contributed by atoms with Crippen LogP contribution in [0.25, 0.3) is 11.4 Å². The maximum Gasteiger partial charge on any atom is 0.258 e. The van der Waals surface area contributed by atoms with Crippen LogP contribution in [0.4, 0.5) is 4.39 Å². The van der Waals surface area contributed by atoms with Crippen LogP contribution in [0.3, 0.4) is 0 Å². The van der Waals surface area contributed by atoms with Crippen LogP contribution < -0.4 is 19.5 Å². The van der Waals surface area contributed by atoms with Gasteiger partial charge in [0.05, 0.1) is 26.3 Å². The first kappa shape index (κ1) is 19.2. The van der Waals surface area contributed by atoms with Gasteiger partial charge in [-0.2, -0.15) is 4.98 Å². The smallest absolute Gasteiger partial charge is 0.258 e. The van der Waals surface area contributed by atoms with Gasteiger partial charge in [0.25, 0.3) is 5.91 Å². The highest BCUT2D eigenvalue weighted by molar-refractivity contribution is 5.77. The van der Waals surface area contributed by atoms with E-state index >= 15 is 0 Å². The van der Waals surface area contributed by atoms with Crippen LogP contribution >= 0.6 is 0 Å². The molecule has 146 valence electrons. The monoisotopic (exact) mass is 387 g/mol. The Bertz CT molecular complexity index is 943. The van der Waals surface area contributed by atoms with Gasteiger partial charge in [0.15, 0.2) is 6.61 Å². The molecular formula is C19H18FN3O5. The van der Waals surface area contributed by atoms with Gasteiger partial charge < -0.3 is 24.1 Å². The number of hydrogen-bond donors (Lipinski definition) is 1. The van der Waals surface area contributed by atoms with Gasteiger partial charge in [-0.05, 0) is 36.4 Å². The van der Waals surface area contributed by atoms with Crippen molar-refractivity contribution in [3.05, 3.63) is 54.2 Å². The quantitative estimate of drug-likeness (QED) is 0.635. The molecule has 0 spiro atoms. The SMILES string of the molecule is COc1ccc(-c2noc(CNC(=O)COc3ccc(F)cc3)n2)c(OC)c1. The molecule has 0 atom stereocenters. The number of nitrogens with one attached hydrogen (secondary N) is 1. The van der Waals surface area contributed by atoms with E-state index in [1.807, 2.05) is 0 Å². The summed E-state index contributed by atoms with van der Waals surface area (Å²) in [6, 6.07) is 10.6. The van der Waals surface area contributed by atoms with Gasteiger partial charge in [0.2, 0.25) is 11.7 Å². The lowest BCUT2D eigenvalue weighted by atomic mass is 10.2. The molecular weight excluding hydrogens is 369 g/mol. The van der Waals surface area contributed by atoms with Crippen molar-refractivity contribution in [2.24, 2.45) is 0 Å². The number of nitrogens with zero attached hydrogens (tertiary/aromatic N) is 2. The molecule has 0 saturated heterocycles. The summed E-state index contributed by atoms with van der Waals surface area (Å²) in [5.74, 6) is 1.35. The van der Waals surface area contributed by atoms with Crippen LogP contribution in [0.5, 0.6) is 17.2 Å². The van der Waals surface area contributed by atoms with Crippen molar-refractivity contribution in [3.8, 4) is 28.6 Å². The first-order chi connectivity index (χ1) is 13.6. The number of aromatic nitrogens is 2. The van der Waals surface area contributed by atoms with E-state index in [0.717, 1.165) is 0 Å². The molecule has 2 aromatic carbocycles. The fourth-order valence-electron chi connectivity index (χ4n) is 2.32. The van der Waals surface area contributed by atoms with Crippen LogP contribution in [0.2, 0.25) is 0 Å². The summed E-state index contributed by atoms with van der Waals surface area (Å²) >= 11 is 0. The van der Waals surface area contributed by atoms with E-state index in [2.05, 4.69) is 15.5 Å². The normalized spacial score (nSPS) is 10.4. The van der Waals surface area contributed by atoms with Gasteiger partial charge in [0.1, 0.15) is 23.1 Å². The standard InChI is InChI=1S/C19H18FN3O5/c1-25-14-7-8-15(16(9-14)26-2)19-22-18(28-23-19)10-21-17(24)11-27-13-5-3-12(20)4-6-13/h3-9H,10-11H2,1-2H3,(H,21,24).